The number of rotatable bonds is 3. The van der Waals surface area contributed by atoms with Gasteiger partial charge < -0.3 is 9.94 Å². The number of nitrogens with zero attached hydrogens (tertiary/aromatic N) is 1. The fraction of sp³-hybridized carbons (Fsp3) is 0.353. The molecule has 4 nitrogen and oxygen atoms in total. The van der Waals surface area contributed by atoms with Crippen LogP contribution in [0.1, 0.15) is 25.0 Å². The second kappa shape index (κ2) is 6.07. The van der Waals surface area contributed by atoms with Crippen molar-refractivity contribution in [1.29, 1.82) is 0 Å². The predicted molar refractivity (Wildman–Crippen MR) is 87.8 cm³/mol. The van der Waals surface area contributed by atoms with Gasteiger partial charge in [0.05, 0.1) is 18.4 Å². The maximum Gasteiger partial charge on any atom is 0.426 e. The molecule has 1 aliphatic heterocycles. The van der Waals surface area contributed by atoms with Gasteiger partial charge in [-0.2, -0.15) is 13.2 Å². The summed E-state index contributed by atoms with van der Waals surface area (Å²) in [6.07, 6.45) is -3.66. The van der Waals surface area contributed by atoms with Crippen molar-refractivity contribution in [3.05, 3.63) is 57.9 Å². The molecule has 2 aromatic rings. The zero-order valence-electron chi connectivity index (χ0n) is 13.5. The Morgan fingerprint density at radius 1 is 1.28 bits per heavy atom. The summed E-state index contributed by atoms with van der Waals surface area (Å²) in [6.45, 7) is 3.37. The first-order valence-corrected chi connectivity index (χ1v) is 8.05. The van der Waals surface area contributed by atoms with Crippen molar-refractivity contribution in [2.45, 2.75) is 25.6 Å². The molecule has 3 rings (SSSR count). The van der Waals surface area contributed by atoms with E-state index < -0.39 is 11.8 Å². The number of hydrogen-bond acceptors (Lipinski definition) is 3. The molecule has 1 aromatic carbocycles. The molecule has 0 saturated heterocycles. The van der Waals surface area contributed by atoms with Gasteiger partial charge in [0.25, 0.3) is 5.82 Å². The largest absolute Gasteiger partial charge is 0.711 e. The van der Waals surface area contributed by atoms with Crippen LogP contribution in [0.2, 0.25) is 5.02 Å². The smallest absolute Gasteiger partial charge is 0.426 e. The molecule has 0 aliphatic carbocycles. The van der Waals surface area contributed by atoms with Gasteiger partial charge in [-0.15, -0.1) is 0 Å². The molecule has 0 fully saturated rings. The number of hydrogen-bond donors (Lipinski definition) is 1. The number of ether oxygens (including phenoxy) is 1. The lowest BCUT2D eigenvalue weighted by Gasteiger charge is -2.40. The third kappa shape index (κ3) is 2.81. The maximum atomic E-state index is 14.4. The zero-order chi connectivity index (χ0) is 18.4. The minimum Gasteiger partial charge on any atom is -0.711 e. The summed E-state index contributed by atoms with van der Waals surface area (Å²) >= 11 is 5.96. The Morgan fingerprint density at radius 2 is 2.00 bits per heavy atom. The number of aromatic nitrogens is 1. The lowest BCUT2D eigenvalue weighted by atomic mass is 9.81. The molecule has 1 atom stereocenters. The van der Waals surface area contributed by atoms with E-state index in [-0.39, 0.29) is 40.2 Å². The van der Waals surface area contributed by atoms with Crippen molar-refractivity contribution < 1.29 is 22.6 Å². The molecule has 1 aromatic heterocycles. The fourth-order valence-electron chi connectivity index (χ4n) is 2.92. The van der Waals surface area contributed by atoms with Crippen molar-refractivity contribution >= 4 is 23.1 Å². The SMILES string of the molecule is CC(C)COC1(C(F)(F)F)c2cc(Cl)ccc2Nc2c1ccc[n+]2[O-]. The maximum absolute atomic E-state index is 14.4. The van der Waals surface area contributed by atoms with E-state index in [1.165, 1.54) is 30.3 Å². The molecule has 0 saturated carbocycles. The van der Waals surface area contributed by atoms with Crippen LogP contribution in [0.3, 0.4) is 0 Å². The first-order chi connectivity index (χ1) is 11.7. The number of anilines is 2. The Morgan fingerprint density at radius 3 is 2.64 bits per heavy atom. The van der Waals surface area contributed by atoms with Crippen molar-refractivity contribution in [2.75, 3.05) is 11.9 Å². The van der Waals surface area contributed by atoms with E-state index in [2.05, 4.69) is 5.32 Å². The lowest BCUT2D eigenvalue weighted by molar-refractivity contribution is -0.591. The second-order valence-corrected chi connectivity index (χ2v) is 6.73. The molecule has 134 valence electrons. The molecule has 2 heterocycles. The highest BCUT2D eigenvalue weighted by Gasteiger charge is 2.64. The molecule has 0 radical (unpaired) electrons. The van der Waals surface area contributed by atoms with Crippen LogP contribution in [0.5, 0.6) is 0 Å². The molecule has 0 amide bonds. The summed E-state index contributed by atoms with van der Waals surface area (Å²) in [5.74, 6) is -0.346. The zero-order valence-corrected chi connectivity index (χ0v) is 14.3. The van der Waals surface area contributed by atoms with E-state index in [1.54, 1.807) is 13.8 Å². The Balaban J connectivity index is 2.35. The molecule has 8 heteroatoms. The predicted octanol–water partition coefficient (Wildman–Crippen LogP) is 4.51. The van der Waals surface area contributed by atoms with Gasteiger partial charge in [0.15, 0.2) is 0 Å². The van der Waals surface area contributed by atoms with E-state index >= 15 is 0 Å². The van der Waals surface area contributed by atoms with Gasteiger partial charge in [0, 0.05) is 10.6 Å². The van der Waals surface area contributed by atoms with E-state index in [0.29, 0.717) is 4.73 Å². The minimum absolute atomic E-state index is 0.133. The Kier molecular flexibility index (Phi) is 4.33. The van der Waals surface area contributed by atoms with Crippen molar-refractivity contribution in [3.63, 3.8) is 0 Å². The van der Waals surface area contributed by atoms with Crippen molar-refractivity contribution in [1.82, 2.24) is 0 Å². The molecular formula is C17H16ClF3N2O2. The van der Waals surface area contributed by atoms with Crippen LogP contribution in [-0.4, -0.2) is 12.8 Å². The quantitative estimate of drug-likeness (QED) is 0.637. The Labute approximate surface area is 147 Å². The van der Waals surface area contributed by atoms with Gasteiger partial charge in [-0.1, -0.05) is 25.4 Å². The fourth-order valence-corrected chi connectivity index (χ4v) is 3.09. The third-order valence-corrected chi connectivity index (χ3v) is 4.22. The first-order valence-electron chi connectivity index (χ1n) is 7.67. The normalized spacial score (nSPS) is 19.3. The van der Waals surface area contributed by atoms with Crippen molar-refractivity contribution in [3.8, 4) is 0 Å². The molecular weight excluding hydrogens is 357 g/mol. The van der Waals surface area contributed by atoms with Crippen LogP contribution in [-0.2, 0) is 10.3 Å². The van der Waals surface area contributed by atoms with Gasteiger partial charge >= 0.3 is 6.18 Å². The van der Waals surface area contributed by atoms with Gasteiger partial charge in [-0.05, 0) is 36.2 Å². The van der Waals surface area contributed by atoms with Gasteiger partial charge in [-0.25, -0.2) is 10.0 Å². The number of fused-ring (bicyclic) bond motifs is 2. The van der Waals surface area contributed by atoms with Crippen LogP contribution in [0.4, 0.5) is 24.7 Å². The summed E-state index contributed by atoms with van der Waals surface area (Å²) in [4.78, 5) is 0. The van der Waals surface area contributed by atoms with Crippen molar-refractivity contribution in [2.24, 2.45) is 5.92 Å². The summed E-state index contributed by atoms with van der Waals surface area (Å²) in [5.41, 5.74) is -3.08. The minimum atomic E-state index is -4.80. The number of halogens is 4. The summed E-state index contributed by atoms with van der Waals surface area (Å²) in [7, 11) is 0. The van der Waals surface area contributed by atoms with Crippen LogP contribution in [0.15, 0.2) is 36.5 Å². The number of alkyl halides is 3. The third-order valence-electron chi connectivity index (χ3n) is 3.99. The highest BCUT2D eigenvalue weighted by Crippen LogP contribution is 2.54. The summed E-state index contributed by atoms with van der Waals surface area (Å²) in [5, 5.41) is 15.0. The monoisotopic (exact) mass is 372 g/mol. The Bertz CT molecular complexity index is 807. The van der Waals surface area contributed by atoms with E-state index in [1.807, 2.05) is 0 Å². The molecule has 1 aliphatic rings. The van der Waals surface area contributed by atoms with Gasteiger partial charge in [0.2, 0.25) is 5.60 Å². The van der Waals surface area contributed by atoms with E-state index in [9.17, 15) is 18.4 Å². The van der Waals surface area contributed by atoms with Crippen LogP contribution in [0, 0.1) is 11.1 Å². The lowest BCUT2D eigenvalue weighted by Crippen LogP contribution is -2.51. The topological polar surface area (TPSA) is 48.2 Å². The second-order valence-electron chi connectivity index (χ2n) is 6.29. The first kappa shape index (κ1) is 17.8. The molecule has 0 bridgehead atoms. The number of nitrogens with one attached hydrogen (secondary N) is 1. The number of pyridine rings is 1. The highest BCUT2D eigenvalue weighted by molar-refractivity contribution is 6.30. The number of benzene rings is 1. The average molecular weight is 373 g/mol. The van der Waals surface area contributed by atoms with E-state index in [0.717, 1.165) is 6.20 Å². The Hall–Kier alpha value is -1.99. The standard InChI is InChI=1S/C17H16ClF3N2O2/c1-10(2)9-25-16(17(19,20)21)12-4-3-7-23(24)15(12)22-14-6-5-11(18)8-13(14)16/h3-8,10,22H,9H2,1-2H3. The summed E-state index contributed by atoms with van der Waals surface area (Å²) in [6, 6.07) is 6.60. The molecule has 1 N–H and O–H groups in total. The summed E-state index contributed by atoms with van der Waals surface area (Å²) < 4.78 is 48.9. The molecule has 1 unspecified atom stereocenters. The van der Waals surface area contributed by atoms with Crippen LogP contribution < -0.4 is 10.0 Å². The van der Waals surface area contributed by atoms with Gasteiger partial charge in [0.1, 0.15) is 5.69 Å². The van der Waals surface area contributed by atoms with Crippen LogP contribution >= 0.6 is 11.6 Å². The molecule has 25 heavy (non-hydrogen) atoms. The van der Waals surface area contributed by atoms with Crippen LogP contribution in [0.25, 0.3) is 0 Å². The highest BCUT2D eigenvalue weighted by atomic mass is 35.5. The van der Waals surface area contributed by atoms with Gasteiger partial charge in [-0.3, -0.25) is 0 Å². The molecule has 0 spiro atoms. The average Bonchev–Trinajstić information content (AvgIpc) is 2.51. The van der Waals surface area contributed by atoms with E-state index in [4.69, 9.17) is 16.3 Å².